The van der Waals surface area contributed by atoms with Crippen LogP contribution in [0.1, 0.15) is 38.5 Å². The molecule has 1 saturated heterocycles. The zero-order chi connectivity index (χ0) is 15.9. The summed E-state index contributed by atoms with van der Waals surface area (Å²) in [5.41, 5.74) is 3.27. The minimum absolute atomic E-state index is 0.825. The molecule has 120 valence electrons. The monoisotopic (exact) mass is 312 g/mol. The van der Waals surface area contributed by atoms with Gasteiger partial charge < -0.3 is 0 Å². The Morgan fingerprint density at radius 1 is 0.500 bits per heavy atom. The van der Waals surface area contributed by atoms with E-state index >= 15 is 0 Å². The molecule has 3 fully saturated rings. The maximum absolute atomic E-state index is 2.41. The van der Waals surface area contributed by atoms with Crippen molar-refractivity contribution < 1.29 is 0 Å². The molecule has 0 spiro atoms. The molecule has 4 atom stereocenters. The molecule has 3 aliphatic rings. The van der Waals surface area contributed by atoms with Crippen LogP contribution in [0.2, 0.25) is 23.3 Å². The van der Waals surface area contributed by atoms with E-state index in [9.17, 15) is 0 Å². The Morgan fingerprint density at radius 2 is 0.833 bits per heavy atom. The van der Waals surface area contributed by atoms with Gasteiger partial charge in [0.25, 0.3) is 0 Å². The Balaban J connectivity index is 1.58. The van der Waals surface area contributed by atoms with Crippen LogP contribution in [0.25, 0.3) is 0 Å². The van der Waals surface area contributed by atoms with E-state index in [-0.39, 0.29) is 0 Å². The third-order valence-corrected chi connectivity index (χ3v) is 7.46. The predicted octanol–water partition coefficient (Wildman–Crippen LogP) is 4.65. The quantitative estimate of drug-likeness (QED) is 0.708. The summed E-state index contributed by atoms with van der Waals surface area (Å²) < 4.78 is 0. The number of fused-ring (bicyclic) bond motifs is 2. The molecule has 5 rings (SSSR count). The van der Waals surface area contributed by atoms with Crippen molar-refractivity contribution in [3.63, 3.8) is 0 Å². The van der Waals surface area contributed by atoms with Crippen LogP contribution >= 0.6 is 0 Å². The van der Waals surface area contributed by atoms with E-state index in [1.54, 1.807) is 10.9 Å². The molecule has 2 aliphatic carbocycles. The Morgan fingerprint density at radius 3 is 1.17 bits per heavy atom. The first kappa shape index (κ1) is 14.9. The van der Waals surface area contributed by atoms with E-state index in [2.05, 4.69) is 60.7 Å². The Hall–Kier alpha value is -1.43. The first-order valence-electron chi connectivity index (χ1n) is 10.0. The van der Waals surface area contributed by atoms with Gasteiger partial charge in [0.15, 0.2) is 13.4 Å². The van der Waals surface area contributed by atoms with Crippen LogP contribution in [0.15, 0.2) is 60.7 Å². The molecule has 0 aromatic heterocycles. The largest absolute Gasteiger partial charge is 0.181 e. The number of benzene rings is 2. The van der Waals surface area contributed by atoms with Crippen LogP contribution in [0.4, 0.5) is 0 Å². The summed E-state index contributed by atoms with van der Waals surface area (Å²) in [5.74, 6) is 3.66. The van der Waals surface area contributed by atoms with Crippen LogP contribution < -0.4 is 10.9 Å². The van der Waals surface area contributed by atoms with Gasteiger partial charge in [-0.1, -0.05) is 133 Å². The van der Waals surface area contributed by atoms with Gasteiger partial charge in [0.2, 0.25) is 0 Å². The normalized spacial score (nSPS) is 31.8. The lowest BCUT2D eigenvalue weighted by atomic mass is 9.11. The van der Waals surface area contributed by atoms with E-state index in [1.807, 2.05) is 0 Å². The number of hydrogen-bond acceptors (Lipinski definition) is 0. The number of hydrogen-bond donors (Lipinski definition) is 0. The van der Waals surface area contributed by atoms with Crippen molar-refractivity contribution in [3.8, 4) is 0 Å². The summed E-state index contributed by atoms with van der Waals surface area (Å²) >= 11 is 0. The fourth-order valence-electron chi connectivity index (χ4n) is 6.79. The molecule has 0 amide bonds. The number of rotatable bonds is 2. The van der Waals surface area contributed by atoms with Gasteiger partial charge >= 0.3 is 0 Å². The summed E-state index contributed by atoms with van der Waals surface area (Å²) in [6.45, 7) is 1.65. The summed E-state index contributed by atoms with van der Waals surface area (Å²) in [6.07, 6.45) is 8.71. The molecular weight excluding hydrogens is 286 g/mol. The second-order valence-corrected chi connectivity index (χ2v) is 8.39. The topological polar surface area (TPSA) is 0 Å². The molecule has 0 bridgehead atoms. The molecule has 1 aliphatic heterocycles. The highest BCUT2D eigenvalue weighted by Gasteiger charge is 2.56. The van der Waals surface area contributed by atoms with Crippen LogP contribution in [0.5, 0.6) is 0 Å². The maximum atomic E-state index is 2.41. The van der Waals surface area contributed by atoms with Gasteiger partial charge in [-0.25, -0.2) is 0 Å². The lowest BCUT2D eigenvalue weighted by Gasteiger charge is -2.45. The van der Waals surface area contributed by atoms with Crippen LogP contribution in [-0.4, -0.2) is 13.4 Å². The van der Waals surface area contributed by atoms with Gasteiger partial charge in [-0.3, -0.25) is 0 Å². The predicted molar refractivity (Wildman–Crippen MR) is 106 cm³/mol. The fraction of sp³-hybridized carbons (Fsp3) is 0.455. The van der Waals surface area contributed by atoms with Crippen LogP contribution in [0.3, 0.4) is 0 Å². The first-order chi connectivity index (χ1) is 11.9. The molecule has 2 heteroatoms. The SMILES string of the molecule is c1ccc(B2C3CCCC3B(c3ccccc3)C3CCCC23)cc1. The third-order valence-electron chi connectivity index (χ3n) is 7.46. The lowest BCUT2D eigenvalue weighted by molar-refractivity contribution is 0.710. The minimum atomic E-state index is 0.825. The molecule has 4 unspecified atom stereocenters. The van der Waals surface area contributed by atoms with Crippen molar-refractivity contribution in [1.82, 2.24) is 0 Å². The summed E-state index contributed by atoms with van der Waals surface area (Å²) in [5, 5.41) is 0. The van der Waals surface area contributed by atoms with Gasteiger partial charge in [-0.05, 0) is 0 Å². The Kier molecular flexibility index (Phi) is 3.80. The first-order valence-corrected chi connectivity index (χ1v) is 10.0. The van der Waals surface area contributed by atoms with Crippen molar-refractivity contribution in [1.29, 1.82) is 0 Å². The highest BCUT2D eigenvalue weighted by atomic mass is 14.4. The molecule has 2 aromatic rings. The van der Waals surface area contributed by atoms with Gasteiger partial charge in [0.05, 0.1) is 0 Å². The van der Waals surface area contributed by atoms with Crippen molar-refractivity contribution in [3.05, 3.63) is 60.7 Å². The molecule has 1 heterocycles. The van der Waals surface area contributed by atoms with Crippen LogP contribution in [0, 0.1) is 0 Å². The molecular formula is C22H26B2. The van der Waals surface area contributed by atoms with E-state index in [1.165, 1.54) is 38.5 Å². The summed E-state index contributed by atoms with van der Waals surface area (Å²) in [4.78, 5) is 0. The molecule has 2 aromatic carbocycles. The molecule has 0 N–H and O–H groups in total. The van der Waals surface area contributed by atoms with E-state index in [4.69, 9.17) is 0 Å². The Bertz CT molecular complexity index is 602. The molecule has 0 nitrogen and oxygen atoms in total. The van der Waals surface area contributed by atoms with Crippen molar-refractivity contribution in [2.45, 2.75) is 61.8 Å². The Labute approximate surface area is 147 Å². The van der Waals surface area contributed by atoms with Crippen molar-refractivity contribution >= 4 is 24.4 Å². The molecule has 24 heavy (non-hydrogen) atoms. The molecule has 2 saturated carbocycles. The van der Waals surface area contributed by atoms with Gasteiger partial charge in [-0.15, -0.1) is 0 Å². The average molecular weight is 312 g/mol. The second kappa shape index (κ2) is 6.13. The fourth-order valence-corrected chi connectivity index (χ4v) is 6.79. The highest BCUT2D eigenvalue weighted by molar-refractivity contribution is 6.86. The van der Waals surface area contributed by atoms with E-state index in [0.717, 1.165) is 36.7 Å². The summed E-state index contributed by atoms with van der Waals surface area (Å²) in [7, 11) is 0. The summed E-state index contributed by atoms with van der Waals surface area (Å²) in [6, 6.07) is 23.0. The third kappa shape index (κ3) is 2.30. The van der Waals surface area contributed by atoms with E-state index < -0.39 is 0 Å². The van der Waals surface area contributed by atoms with Crippen molar-refractivity contribution in [2.75, 3.05) is 0 Å². The lowest BCUT2D eigenvalue weighted by Crippen LogP contribution is -2.53. The zero-order valence-electron chi connectivity index (χ0n) is 14.5. The van der Waals surface area contributed by atoms with Gasteiger partial charge in [0.1, 0.15) is 0 Å². The highest BCUT2D eigenvalue weighted by Crippen LogP contribution is 2.61. The maximum Gasteiger partial charge on any atom is 0.181 e. The minimum Gasteiger partial charge on any atom is -0.0795 e. The molecule has 0 radical (unpaired) electrons. The average Bonchev–Trinajstić information content (AvgIpc) is 3.30. The van der Waals surface area contributed by atoms with E-state index in [0.29, 0.717) is 0 Å². The van der Waals surface area contributed by atoms with Gasteiger partial charge in [0, 0.05) is 0 Å². The standard InChI is InChI=1S/C22H26B2/c1-3-9-17(10-4-1)23-19-13-7-15-21(19)24(18-11-5-2-6-12-18)22-16-8-14-20(22)23/h1-6,9-12,19-22H,7-8,13-16H2. The smallest absolute Gasteiger partial charge is 0.0795 e. The second-order valence-electron chi connectivity index (χ2n) is 8.39. The van der Waals surface area contributed by atoms with Gasteiger partial charge in [-0.2, -0.15) is 0 Å². The van der Waals surface area contributed by atoms with Crippen LogP contribution in [-0.2, 0) is 0 Å². The zero-order valence-corrected chi connectivity index (χ0v) is 14.5. The van der Waals surface area contributed by atoms with Crippen molar-refractivity contribution in [2.24, 2.45) is 0 Å².